The second-order valence-electron chi connectivity index (χ2n) is 7.20. The van der Waals surface area contributed by atoms with E-state index >= 15 is 0 Å². The van der Waals surface area contributed by atoms with Crippen molar-refractivity contribution < 1.29 is 18.9 Å². The lowest BCUT2D eigenvalue weighted by molar-refractivity contribution is 0.163. The minimum absolute atomic E-state index is 0.558. The lowest BCUT2D eigenvalue weighted by Crippen LogP contribution is -2.05. The smallest absolute Gasteiger partial charge is 0.161 e. The number of benzene rings is 1. The van der Waals surface area contributed by atoms with Gasteiger partial charge in [-0.05, 0) is 35.7 Å². The van der Waals surface area contributed by atoms with Gasteiger partial charge < -0.3 is 24.3 Å². The minimum atomic E-state index is 0.558. The largest absolute Gasteiger partial charge is 0.490 e. The summed E-state index contributed by atoms with van der Waals surface area (Å²) >= 11 is 0. The molecule has 2 aromatic rings. The number of methoxy groups -OCH3 is 2. The van der Waals surface area contributed by atoms with Crippen LogP contribution in [0, 0.1) is 0 Å². The molecule has 31 heavy (non-hydrogen) atoms. The maximum absolute atomic E-state index is 6.04. The third-order valence-electron chi connectivity index (χ3n) is 4.97. The number of fused-ring (bicyclic) bond motifs is 3. The molecule has 8 nitrogen and oxygen atoms in total. The molecule has 164 valence electrons. The molecule has 0 radical (unpaired) electrons. The van der Waals surface area contributed by atoms with E-state index in [2.05, 4.69) is 26.6 Å². The van der Waals surface area contributed by atoms with Crippen molar-refractivity contribution in [1.82, 2.24) is 15.2 Å². The first-order valence-corrected chi connectivity index (χ1v) is 10.4. The van der Waals surface area contributed by atoms with Crippen LogP contribution >= 0.6 is 0 Å². The molecule has 2 heterocycles. The Labute approximate surface area is 181 Å². The van der Waals surface area contributed by atoms with Gasteiger partial charge in [0.1, 0.15) is 5.82 Å². The summed E-state index contributed by atoms with van der Waals surface area (Å²) in [6.07, 6.45) is 5.16. The van der Waals surface area contributed by atoms with Crippen LogP contribution in [0.3, 0.4) is 0 Å². The van der Waals surface area contributed by atoms with E-state index < -0.39 is 0 Å². The van der Waals surface area contributed by atoms with Gasteiger partial charge in [0.15, 0.2) is 11.5 Å². The van der Waals surface area contributed by atoms with E-state index in [4.69, 9.17) is 18.9 Å². The summed E-state index contributed by atoms with van der Waals surface area (Å²) in [5.74, 6) is 2.34. The van der Waals surface area contributed by atoms with Gasteiger partial charge in [0.2, 0.25) is 0 Å². The molecule has 8 heteroatoms. The molecule has 4 rings (SSSR count). The molecule has 0 saturated heterocycles. The SMILES string of the molecule is COCCCOc1cc2cc3c(Nc4cccnc4)[nH][nH]c-3c2cc1OCCCOC. The van der Waals surface area contributed by atoms with Crippen LogP contribution in [0.25, 0.3) is 22.0 Å². The van der Waals surface area contributed by atoms with Crippen molar-refractivity contribution in [3.05, 3.63) is 42.7 Å². The van der Waals surface area contributed by atoms with E-state index in [9.17, 15) is 0 Å². The molecule has 1 aromatic heterocycles. The number of hydrogen-bond acceptors (Lipinski definition) is 6. The number of pyridine rings is 1. The number of nitrogens with one attached hydrogen (secondary N) is 3. The Morgan fingerprint density at radius 3 is 2.32 bits per heavy atom. The first-order valence-electron chi connectivity index (χ1n) is 10.4. The Morgan fingerprint density at radius 1 is 0.903 bits per heavy atom. The lowest BCUT2D eigenvalue weighted by atomic mass is 10.2. The van der Waals surface area contributed by atoms with Crippen LogP contribution in [0.15, 0.2) is 42.7 Å². The van der Waals surface area contributed by atoms with E-state index in [-0.39, 0.29) is 0 Å². The zero-order valence-electron chi connectivity index (χ0n) is 17.9. The van der Waals surface area contributed by atoms with Gasteiger partial charge in [-0.3, -0.25) is 15.2 Å². The van der Waals surface area contributed by atoms with Crippen molar-refractivity contribution in [2.75, 3.05) is 46.0 Å². The van der Waals surface area contributed by atoms with Crippen LogP contribution in [-0.2, 0) is 9.47 Å². The highest BCUT2D eigenvalue weighted by molar-refractivity contribution is 6.05. The van der Waals surface area contributed by atoms with Crippen molar-refractivity contribution >= 4 is 22.3 Å². The Kier molecular flexibility index (Phi) is 6.91. The third kappa shape index (κ3) is 4.92. The van der Waals surface area contributed by atoms with Crippen LogP contribution in [0.5, 0.6) is 11.5 Å². The van der Waals surface area contributed by atoms with Crippen molar-refractivity contribution in [3.63, 3.8) is 0 Å². The van der Waals surface area contributed by atoms with Crippen molar-refractivity contribution in [1.29, 1.82) is 0 Å². The fraction of sp³-hybridized carbons (Fsp3) is 0.348. The molecule has 1 aromatic carbocycles. The summed E-state index contributed by atoms with van der Waals surface area (Å²) in [5.41, 5.74) is 2.98. The molecular formula is C23H28N4O4. The number of nitrogens with zero attached hydrogens (tertiary/aromatic N) is 1. The summed E-state index contributed by atoms with van der Waals surface area (Å²) in [6, 6.07) is 10.1. The molecule has 0 bridgehead atoms. The molecule has 1 aliphatic heterocycles. The zero-order valence-corrected chi connectivity index (χ0v) is 17.9. The van der Waals surface area contributed by atoms with Crippen LogP contribution in [0.1, 0.15) is 12.8 Å². The number of ether oxygens (including phenoxy) is 4. The average molecular weight is 425 g/mol. The maximum atomic E-state index is 6.04. The normalized spacial score (nSPS) is 11.3. The molecule has 0 saturated carbocycles. The van der Waals surface area contributed by atoms with Gasteiger partial charge in [-0.25, -0.2) is 0 Å². The van der Waals surface area contributed by atoms with E-state index in [0.29, 0.717) is 26.4 Å². The molecule has 1 aliphatic carbocycles. The van der Waals surface area contributed by atoms with Crippen molar-refractivity contribution in [3.8, 4) is 22.8 Å². The van der Waals surface area contributed by atoms with Gasteiger partial charge in [-0.15, -0.1) is 0 Å². The fourth-order valence-corrected chi connectivity index (χ4v) is 3.48. The molecule has 0 spiro atoms. The quantitative estimate of drug-likeness (QED) is 0.289. The Balaban J connectivity index is 1.61. The standard InChI is InChI=1S/C23H28N4O4/c1-28-8-4-10-30-20-13-16-12-19-22(18(16)14-21(20)31-11-5-9-29-2)26-27-23(19)25-17-6-3-7-24-15-17/h3,6-7,12-15,25-27H,4-5,8-11H2,1-2H3. The number of rotatable bonds is 12. The predicted molar refractivity (Wildman–Crippen MR) is 121 cm³/mol. The summed E-state index contributed by atoms with van der Waals surface area (Å²) in [7, 11) is 3.38. The first-order chi connectivity index (χ1) is 15.3. The topological polar surface area (TPSA) is 93.4 Å². The molecule has 0 amide bonds. The number of anilines is 2. The van der Waals surface area contributed by atoms with Gasteiger partial charge in [-0.1, -0.05) is 0 Å². The molecule has 0 fully saturated rings. The van der Waals surface area contributed by atoms with Crippen LogP contribution in [-0.4, -0.2) is 55.8 Å². The number of aromatic nitrogens is 3. The Morgan fingerprint density at radius 2 is 1.65 bits per heavy atom. The zero-order chi connectivity index (χ0) is 21.5. The molecule has 2 aliphatic rings. The molecule has 0 atom stereocenters. The van der Waals surface area contributed by atoms with E-state index in [1.54, 1.807) is 26.6 Å². The summed E-state index contributed by atoms with van der Waals surface area (Å²) in [4.78, 5) is 4.16. The minimum Gasteiger partial charge on any atom is -0.490 e. The van der Waals surface area contributed by atoms with Crippen LogP contribution in [0.2, 0.25) is 0 Å². The number of hydrogen-bond donors (Lipinski definition) is 3. The second kappa shape index (κ2) is 10.2. The van der Waals surface area contributed by atoms with Crippen LogP contribution in [0.4, 0.5) is 11.5 Å². The Hall–Kier alpha value is -3.23. The molecule has 0 unspecified atom stereocenters. The number of aromatic amines is 2. The van der Waals surface area contributed by atoms with Crippen molar-refractivity contribution in [2.24, 2.45) is 0 Å². The van der Waals surface area contributed by atoms with Crippen LogP contribution < -0.4 is 14.8 Å². The van der Waals surface area contributed by atoms with E-state index in [1.165, 1.54) is 0 Å². The fourth-order valence-electron chi connectivity index (χ4n) is 3.48. The van der Waals surface area contributed by atoms with Crippen molar-refractivity contribution in [2.45, 2.75) is 12.8 Å². The van der Waals surface area contributed by atoms with Gasteiger partial charge >= 0.3 is 0 Å². The van der Waals surface area contributed by atoms with E-state index in [1.807, 2.05) is 24.3 Å². The van der Waals surface area contributed by atoms with Gasteiger partial charge in [0.05, 0.1) is 30.8 Å². The van der Waals surface area contributed by atoms with Gasteiger partial charge in [-0.2, -0.15) is 0 Å². The molecule has 3 N–H and O–H groups in total. The summed E-state index contributed by atoms with van der Waals surface area (Å²) < 4.78 is 22.3. The maximum Gasteiger partial charge on any atom is 0.161 e. The van der Waals surface area contributed by atoms with Gasteiger partial charge in [0.25, 0.3) is 0 Å². The predicted octanol–water partition coefficient (Wildman–Crippen LogP) is 4.57. The third-order valence-corrected chi connectivity index (χ3v) is 4.97. The Bertz CT molecular complexity index is 1060. The van der Waals surface area contributed by atoms with E-state index in [0.717, 1.165) is 57.9 Å². The van der Waals surface area contributed by atoms with Gasteiger partial charge in [0, 0.05) is 57.4 Å². The lowest BCUT2D eigenvalue weighted by Gasteiger charge is -2.13. The average Bonchev–Trinajstić information content (AvgIpc) is 3.34. The number of H-pyrrole nitrogens is 2. The second-order valence-corrected chi connectivity index (χ2v) is 7.20. The highest BCUT2D eigenvalue weighted by Crippen LogP contribution is 2.43. The monoisotopic (exact) mass is 424 g/mol. The summed E-state index contributed by atoms with van der Waals surface area (Å²) in [5, 5.41) is 12.0. The highest BCUT2D eigenvalue weighted by atomic mass is 16.5. The molecular weight excluding hydrogens is 396 g/mol. The first kappa shape index (κ1) is 21.0. The summed E-state index contributed by atoms with van der Waals surface area (Å²) in [6.45, 7) is 2.43. The highest BCUT2D eigenvalue weighted by Gasteiger charge is 2.20.